The average Bonchev–Trinajstić information content (AvgIpc) is 2.61. The lowest BCUT2D eigenvalue weighted by Gasteiger charge is -2.18. The van der Waals surface area contributed by atoms with Crippen LogP contribution in [0.3, 0.4) is 0 Å². The SMILES string of the molecule is O=C(O)[C@H](Cc1ccccc1)NS(=O)(=O)c1ccc2c(c1)CCCC2. The molecule has 0 saturated heterocycles. The molecule has 5 nitrogen and oxygen atoms in total. The number of carboxylic acids is 1. The first-order chi connectivity index (χ1) is 12.0. The number of aliphatic carboxylic acids is 1. The number of aryl methyl sites for hydroxylation is 2. The molecule has 0 spiro atoms. The normalized spacial score (nSPS) is 15.4. The Kier molecular flexibility index (Phi) is 5.20. The molecule has 0 aliphatic heterocycles. The number of carbonyl (C=O) groups is 1. The minimum atomic E-state index is -3.89. The summed E-state index contributed by atoms with van der Waals surface area (Å²) in [5, 5.41) is 9.41. The van der Waals surface area contributed by atoms with E-state index < -0.39 is 22.0 Å². The lowest BCUT2D eigenvalue weighted by Crippen LogP contribution is -2.42. The van der Waals surface area contributed by atoms with Crippen LogP contribution >= 0.6 is 0 Å². The van der Waals surface area contributed by atoms with Gasteiger partial charge in [-0.2, -0.15) is 4.72 Å². The maximum Gasteiger partial charge on any atom is 0.322 e. The molecule has 0 aromatic heterocycles. The molecule has 1 aliphatic rings. The van der Waals surface area contributed by atoms with Crippen molar-refractivity contribution in [3.05, 3.63) is 65.2 Å². The highest BCUT2D eigenvalue weighted by molar-refractivity contribution is 7.89. The van der Waals surface area contributed by atoms with Crippen LogP contribution in [0, 0.1) is 0 Å². The van der Waals surface area contributed by atoms with Gasteiger partial charge in [0, 0.05) is 0 Å². The van der Waals surface area contributed by atoms with Crippen molar-refractivity contribution >= 4 is 16.0 Å². The fraction of sp³-hybridized carbons (Fsp3) is 0.316. The van der Waals surface area contributed by atoms with Gasteiger partial charge in [0.1, 0.15) is 6.04 Å². The maximum atomic E-state index is 12.6. The van der Waals surface area contributed by atoms with E-state index in [4.69, 9.17) is 0 Å². The van der Waals surface area contributed by atoms with Crippen molar-refractivity contribution in [2.75, 3.05) is 0 Å². The van der Waals surface area contributed by atoms with Crippen molar-refractivity contribution in [1.29, 1.82) is 0 Å². The molecular weight excluding hydrogens is 338 g/mol. The molecule has 2 N–H and O–H groups in total. The standard InChI is InChI=1S/C19H21NO4S/c21-19(22)18(12-14-6-2-1-3-7-14)20-25(23,24)17-11-10-15-8-4-5-9-16(15)13-17/h1-3,6-7,10-11,13,18,20H,4-5,8-9,12H2,(H,21,22)/t18-/m0/s1. The van der Waals surface area contributed by atoms with Crippen LogP contribution < -0.4 is 4.72 Å². The number of carboxylic acid groups (broad SMARTS) is 1. The van der Waals surface area contributed by atoms with Gasteiger partial charge in [-0.1, -0.05) is 36.4 Å². The van der Waals surface area contributed by atoms with Crippen LogP contribution in [0.15, 0.2) is 53.4 Å². The summed E-state index contributed by atoms with van der Waals surface area (Å²) in [4.78, 5) is 11.7. The van der Waals surface area contributed by atoms with Crippen LogP contribution in [0.25, 0.3) is 0 Å². The third-order valence-corrected chi connectivity index (χ3v) is 5.98. The van der Waals surface area contributed by atoms with E-state index in [0.29, 0.717) is 0 Å². The second kappa shape index (κ2) is 7.37. The Morgan fingerprint density at radius 2 is 1.72 bits per heavy atom. The molecule has 0 bridgehead atoms. The molecule has 3 rings (SSSR count). The highest BCUT2D eigenvalue weighted by Gasteiger charge is 2.26. The molecule has 25 heavy (non-hydrogen) atoms. The van der Waals surface area contributed by atoms with E-state index in [9.17, 15) is 18.3 Å². The maximum absolute atomic E-state index is 12.6. The average molecular weight is 359 g/mol. The first-order valence-electron chi connectivity index (χ1n) is 8.36. The van der Waals surface area contributed by atoms with E-state index in [-0.39, 0.29) is 11.3 Å². The Morgan fingerprint density at radius 3 is 2.40 bits per heavy atom. The van der Waals surface area contributed by atoms with Crippen LogP contribution in [0.5, 0.6) is 0 Å². The van der Waals surface area contributed by atoms with Crippen molar-refractivity contribution in [1.82, 2.24) is 4.72 Å². The fourth-order valence-electron chi connectivity index (χ4n) is 3.16. The smallest absolute Gasteiger partial charge is 0.322 e. The zero-order valence-corrected chi connectivity index (χ0v) is 14.6. The number of rotatable bonds is 6. The van der Waals surface area contributed by atoms with Crippen molar-refractivity contribution in [3.63, 3.8) is 0 Å². The van der Waals surface area contributed by atoms with Crippen LogP contribution in [0.1, 0.15) is 29.5 Å². The number of fused-ring (bicyclic) bond motifs is 1. The summed E-state index contributed by atoms with van der Waals surface area (Å²) in [6, 6.07) is 12.9. The molecule has 2 aromatic rings. The zero-order chi connectivity index (χ0) is 17.9. The second-order valence-electron chi connectivity index (χ2n) is 6.34. The Balaban J connectivity index is 1.82. The van der Waals surface area contributed by atoms with E-state index >= 15 is 0 Å². The van der Waals surface area contributed by atoms with Crippen LogP contribution in [-0.2, 0) is 34.1 Å². The summed E-state index contributed by atoms with van der Waals surface area (Å²) in [5.41, 5.74) is 3.00. The van der Waals surface area contributed by atoms with Crippen molar-refractivity contribution in [3.8, 4) is 0 Å². The van der Waals surface area contributed by atoms with Crippen molar-refractivity contribution in [2.24, 2.45) is 0 Å². The lowest BCUT2D eigenvalue weighted by molar-refractivity contribution is -0.138. The Labute approximate surface area is 147 Å². The van der Waals surface area contributed by atoms with Gasteiger partial charge in [0.15, 0.2) is 0 Å². The quantitative estimate of drug-likeness (QED) is 0.830. The summed E-state index contributed by atoms with van der Waals surface area (Å²) in [7, 11) is -3.89. The third kappa shape index (κ3) is 4.27. The second-order valence-corrected chi connectivity index (χ2v) is 8.05. The van der Waals surface area contributed by atoms with E-state index in [0.717, 1.165) is 36.8 Å². The molecular formula is C19H21NO4S. The number of nitrogens with one attached hydrogen (secondary N) is 1. The molecule has 1 aliphatic carbocycles. The van der Waals surface area contributed by atoms with Gasteiger partial charge >= 0.3 is 5.97 Å². The van der Waals surface area contributed by atoms with Crippen LogP contribution in [0.2, 0.25) is 0 Å². The molecule has 6 heteroatoms. The third-order valence-electron chi connectivity index (χ3n) is 4.51. The number of sulfonamides is 1. The van der Waals surface area contributed by atoms with E-state index in [1.807, 2.05) is 12.1 Å². The molecule has 0 fully saturated rings. The summed E-state index contributed by atoms with van der Waals surface area (Å²) < 4.78 is 27.6. The first kappa shape index (κ1) is 17.6. The molecule has 0 radical (unpaired) electrons. The van der Waals surface area contributed by atoms with E-state index in [1.165, 1.54) is 5.56 Å². The minimum absolute atomic E-state index is 0.0976. The van der Waals surface area contributed by atoms with Gasteiger partial charge in [-0.05, 0) is 60.9 Å². The largest absolute Gasteiger partial charge is 0.480 e. The predicted octanol–water partition coefficient (Wildman–Crippen LogP) is 2.54. The Bertz CT molecular complexity index is 862. The van der Waals surface area contributed by atoms with Gasteiger partial charge in [0.2, 0.25) is 10.0 Å². The first-order valence-corrected chi connectivity index (χ1v) is 9.85. The number of hydrogen-bond donors (Lipinski definition) is 2. The molecule has 0 heterocycles. The minimum Gasteiger partial charge on any atom is -0.480 e. The Hall–Kier alpha value is -2.18. The molecule has 132 valence electrons. The van der Waals surface area contributed by atoms with Crippen LogP contribution in [-0.4, -0.2) is 25.5 Å². The zero-order valence-electron chi connectivity index (χ0n) is 13.8. The van der Waals surface area contributed by atoms with E-state index in [2.05, 4.69) is 4.72 Å². The highest BCUT2D eigenvalue weighted by atomic mass is 32.2. The number of benzene rings is 2. The van der Waals surface area contributed by atoms with Crippen molar-refractivity contribution in [2.45, 2.75) is 43.0 Å². The van der Waals surface area contributed by atoms with Gasteiger partial charge < -0.3 is 5.11 Å². The fourth-order valence-corrected chi connectivity index (χ4v) is 4.40. The molecule has 0 unspecified atom stereocenters. The van der Waals surface area contributed by atoms with Crippen LogP contribution in [0.4, 0.5) is 0 Å². The molecule has 1 atom stereocenters. The van der Waals surface area contributed by atoms with Gasteiger partial charge in [-0.15, -0.1) is 0 Å². The predicted molar refractivity (Wildman–Crippen MR) is 95.0 cm³/mol. The van der Waals surface area contributed by atoms with Crippen molar-refractivity contribution < 1.29 is 18.3 Å². The summed E-state index contributed by atoms with van der Waals surface area (Å²) in [6.07, 6.45) is 4.10. The summed E-state index contributed by atoms with van der Waals surface area (Å²) in [5.74, 6) is -1.19. The highest BCUT2D eigenvalue weighted by Crippen LogP contribution is 2.24. The molecule has 0 saturated carbocycles. The lowest BCUT2D eigenvalue weighted by atomic mass is 9.92. The van der Waals surface area contributed by atoms with Gasteiger partial charge in [0.05, 0.1) is 4.90 Å². The number of hydrogen-bond acceptors (Lipinski definition) is 3. The van der Waals surface area contributed by atoms with Gasteiger partial charge in [-0.3, -0.25) is 4.79 Å². The monoisotopic (exact) mass is 359 g/mol. The summed E-state index contributed by atoms with van der Waals surface area (Å²) in [6.45, 7) is 0. The summed E-state index contributed by atoms with van der Waals surface area (Å²) >= 11 is 0. The van der Waals surface area contributed by atoms with Gasteiger partial charge in [-0.25, -0.2) is 8.42 Å². The Morgan fingerprint density at radius 1 is 1.04 bits per heavy atom. The molecule has 0 amide bonds. The van der Waals surface area contributed by atoms with Gasteiger partial charge in [0.25, 0.3) is 0 Å². The topological polar surface area (TPSA) is 83.5 Å². The molecule has 2 aromatic carbocycles. The van der Waals surface area contributed by atoms with E-state index in [1.54, 1.807) is 36.4 Å².